The normalized spacial score (nSPS) is 10.7. The van der Waals surface area contributed by atoms with Crippen molar-refractivity contribution in [3.05, 3.63) is 47.5 Å². The fourth-order valence-electron chi connectivity index (χ4n) is 2.59. The van der Waals surface area contributed by atoms with Crippen molar-refractivity contribution in [2.24, 2.45) is 0 Å². The first-order chi connectivity index (χ1) is 14.2. The van der Waals surface area contributed by atoms with E-state index in [2.05, 4.69) is 14.8 Å². The van der Waals surface area contributed by atoms with E-state index in [4.69, 9.17) is 9.47 Å². The molecule has 0 aromatic heterocycles. The van der Waals surface area contributed by atoms with Gasteiger partial charge in [-0.3, -0.25) is 4.79 Å². The van der Waals surface area contributed by atoms with Crippen LogP contribution in [0, 0.1) is 0 Å². The highest BCUT2D eigenvalue weighted by atomic mass is 19.3. The standard InChI is InChI=1S/C21H23F2NO6/c1-12(2)13-6-5-7-14(8-13)29-11-19(25)24-16-10-18(30-21(22)23)17(27-3)9-15(16)20(26)28-4/h5-10,12,21H,11H2,1-4H3,(H,24,25). The second-order valence-electron chi connectivity index (χ2n) is 6.48. The van der Waals surface area contributed by atoms with Crippen LogP contribution in [0.2, 0.25) is 0 Å². The summed E-state index contributed by atoms with van der Waals surface area (Å²) in [5.74, 6) is -1.07. The van der Waals surface area contributed by atoms with Crippen molar-refractivity contribution >= 4 is 17.6 Å². The maximum atomic E-state index is 12.7. The number of methoxy groups -OCH3 is 2. The van der Waals surface area contributed by atoms with Crippen molar-refractivity contribution in [1.82, 2.24) is 0 Å². The average Bonchev–Trinajstić information content (AvgIpc) is 2.71. The number of carbonyl (C=O) groups excluding carboxylic acids is 2. The summed E-state index contributed by atoms with van der Waals surface area (Å²) < 4.78 is 44.9. The van der Waals surface area contributed by atoms with Crippen LogP contribution in [-0.2, 0) is 9.53 Å². The first-order valence-electron chi connectivity index (χ1n) is 9.03. The van der Waals surface area contributed by atoms with Crippen LogP contribution in [0.4, 0.5) is 14.5 Å². The molecule has 2 aromatic rings. The van der Waals surface area contributed by atoms with E-state index < -0.39 is 18.5 Å². The number of esters is 1. The lowest BCUT2D eigenvalue weighted by Gasteiger charge is -2.16. The quantitative estimate of drug-likeness (QED) is 0.608. The van der Waals surface area contributed by atoms with E-state index in [0.29, 0.717) is 5.75 Å². The van der Waals surface area contributed by atoms with Crippen LogP contribution in [0.3, 0.4) is 0 Å². The largest absolute Gasteiger partial charge is 0.493 e. The molecule has 0 aliphatic rings. The van der Waals surface area contributed by atoms with Gasteiger partial charge in [-0.25, -0.2) is 4.79 Å². The van der Waals surface area contributed by atoms with Crippen LogP contribution in [0.5, 0.6) is 17.2 Å². The van der Waals surface area contributed by atoms with Crippen LogP contribution in [0.1, 0.15) is 35.7 Å². The van der Waals surface area contributed by atoms with Crippen LogP contribution in [-0.4, -0.2) is 39.3 Å². The molecule has 0 saturated carbocycles. The second-order valence-corrected chi connectivity index (χ2v) is 6.48. The molecule has 2 rings (SSSR count). The lowest BCUT2D eigenvalue weighted by atomic mass is 10.0. The number of anilines is 1. The number of amides is 1. The smallest absolute Gasteiger partial charge is 0.387 e. The number of halogens is 2. The van der Waals surface area contributed by atoms with Gasteiger partial charge in [-0.05, 0) is 23.6 Å². The van der Waals surface area contributed by atoms with Gasteiger partial charge >= 0.3 is 12.6 Å². The Morgan fingerprint density at radius 1 is 1.07 bits per heavy atom. The maximum absolute atomic E-state index is 12.7. The van der Waals surface area contributed by atoms with Gasteiger partial charge in [0.15, 0.2) is 18.1 Å². The molecule has 0 heterocycles. The molecule has 0 saturated heterocycles. The molecule has 1 N–H and O–H groups in total. The summed E-state index contributed by atoms with van der Waals surface area (Å²) in [4.78, 5) is 24.4. The summed E-state index contributed by atoms with van der Waals surface area (Å²) in [6, 6.07) is 9.50. The zero-order valence-corrected chi connectivity index (χ0v) is 17.0. The predicted molar refractivity (Wildman–Crippen MR) is 106 cm³/mol. The van der Waals surface area contributed by atoms with E-state index in [1.165, 1.54) is 7.11 Å². The average molecular weight is 423 g/mol. The van der Waals surface area contributed by atoms with Gasteiger partial charge in [0.1, 0.15) is 5.75 Å². The second kappa shape index (κ2) is 10.4. The number of carbonyl (C=O) groups is 2. The minimum absolute atomic E-state index is 0.0807. The van der Waals surface area contributed by atoms with Crippen molar-refractivity contribution < 1.29 is 37.3 Å². The monoisotopic (exact) mass is 423 g/mol. The number of hydrogen-bond donors (Lipinski definition) is 1. The van der Waals surface area contributed by atoms with Crippen LogP contribution >= 0.6 is 0 Å². The Hall–Kier alpha value is -3.36. The third-order valence-electron chi connectivity index (χ3n) is 4.09. The highest BCUT2D eigenvalue weighted by Gasteiger charge is 2.21. The van der Waals surface area contributed by atoms with Gasteiger partial charge in [0.25, 0.3) is 5.91 Å². The molecule has 0 radical (unpaired) electrons. The maximum Gasteiger partial charge on any atom is 0.387 e. The summed E-state index contributed by atoms with van der Waals surface area (Å²) in [7, 11) is 2.38. The summed E-state index contributed by atoms with van der Waals surface area (Å²) >= 11 is 0. The van der Waals surface area contributed by atoms with Crippen LogP contribution in [0.15, 0.2) is 36.4 Å². The zero-order valence-electron chi connectivity index (χ0n) is 17.0. The summed E-state index contributed by atoms with van der Waals surface area (Å²) in [5.41, 5.74) is 0.874. The summed E-state index contributed by atoms with van der Waals surface area (Å²) in [6.07, 6.45) is 0. The molecule has 0 aliphatic carbocycles. The van der Waals surface area contributed by atoms with Crippen molar-refractivity contribution in [3.63, 3.8) is 0 Å². The third kappa shape index (κ3) is 6.07. The number of rotatable bonds is 9. The van der Waals surface area contributed by atoms with Crippen molar-refractivity contribution in [2.75, 3.05) is 26.1 Å². The van der Waals surface area contributed by atoms with Crippen molar-refractivity contribution in [3.8, 4) is 17.2 Å². The molecule has 30 heavy (non-hydrogen) atoms. The Morgan fingerprint density at radius 2 is 1.80 bits per heavy atom. The van der Waals surface area contributed by atoms with Gasteiger partial charge in [0, 0.05) is 12.1 Å². The molecule has 0 atom stereocenters. The lowest BCUT2D eigenvalue weighted by Crippen LogP contribution is -2.22. The van der Waals surface area contributed by atoms with Gasteiger partial charge in [-0.1, -0.05) is 26.0 Å². The Labute approximate surface area is 172 Å². The highest BCUT2D eigenvalue weighted by Crippen LogP contribution is 2.35. The fourth-order valence-corrected chi connectivity index (χ4v) is 2.59. The van der Waals surface area contributed by atoms with E-state index in [9.17, 15) is 18.4 Å². The third-order valence-corrected chi connectivity index (χ3v) is 4.09. The lowest BCUT2D eigenvalue weighted by molar-refractivity contribution is -0.118. The molecule has 7 nitrogen and oxygen atoms in total. The van der Waals surface area contributed by atoms with Crippen molar-refractivity contribution in [2.45, 2.75) is 26.4 Å². The fraction of sp³-hybridized carbons (Fsp3) is 0.333. The molecule has 0 spiro atoms. The zero-order chi connectivity index (χ0) is 22.3. The topological polar surface area (TPSA) is 83.1 Å². The van der Waals surface area contributed by atoms with Gasteiger partial charge in [0.2, 0.25) is 0 Å². The molecule has 0 aliphatic heterocycles. The Bertz CT molecular complexity index is 901. The number of ether oxygens (including phenoxy) is 4. The van der Waals surface area contributed by atoms with Crippen LogP contribution < -0.4 is 19.5 Å². The molecule has 0 bridgehead atoms. The Morgan fingerprint density at radius 3 is 2.40 bits per heavy atom. The molecular weight excluding hydrogens is 400 g/mol. The van der Waals surface area contributed by atoms with E-state index in [1.807, 2.05) is 32.0 Å². The molecule has 2 aromatic carbocycles. The molecule has 0 unspecified atom stereocenters. The van der Waals surface area contributed by atoms with Gasteiger partial charge < -0.3 is 24.3 Å². The van der Waals surface area contributed by atoms with E-state index >= 15 is 0 Å². The van der Waals surface area contributed by atoms with Gasteiger partial charge in [0.05, 0.1) is 25.5 Å². The molecule has 162 valence electrons. The summed E-state index contributed by atoms with van der Waals surface area (Å²) in [5, 5.41) is 2.45. The summed E-state index contributed by atoms with van der Waals surface area (Å²) in [6.45, 7) is 0.577. The SMILES string of the molecule is COC(=O)c1cc(OC)c(OC(F)F)cc1NC(=O)COc1cccc(C(C)C)c1. The number of alkyl halides is 2. The number of nitrogens with one attached hydrogen (secondary N) is 1. The Balaban J connectivity index is 2.21. The predicted octanol–water partition coefficient (Wildman–Crippen LogP) is 4.22. The van der Waals surface area contributed by atoms with E-state index in [1.54, 1.807) is 6.07 Å². The molecule has 1 amide bonds. The van der Waals surface area contributed by atoms with E-state index in [0.717, 1.165) is 24.8 Å². The van der Waals surface area contributed by atoms with Crippen molar-refractivity contribution in [1.29, 1.82) is 0 Å². The van der Waals surface area contributed by atoms with E-state index in [-0.39, 0.29) is 35.3 Å². The van der Waals surface area contributed by atoms with Crippen LogP contribution in [0.25, 0.3) is 0 Å². The highest BCUT2D eigenvalue weighted by molar-refractivity contribution is 6.02. The minimum Gasteiger partial charge on any atom is -0.493 e. The molecule has 9 heteroatoms. The van der Waals surface area contributed by atoms with Gasteiger partial charge in [-0.2, -0.15) is 8.78 Å². The minimum atomic E-state index is -3.12. The number of benzene rings is 2. The van der Waals surface area contributed by atoms with Gasteiger partial charge in [-0.15, -0.1) is 0 Å². The first kappa shape index (κ1) is 22.9. The Kier molecular flexibility index (Phi) is 7.97. The molecular formula is C21H23F2NO6. The molecule has 0 fully saturated rings. The first-order valence-corrected chi connectivity index (χ1v) is 9.03. The number of hydrogen-bond acceptors (Lipinski definition) is 6.